The van der Waals surface area contributed by atoms with Gasteiger partial charge in [0.15, 0.2) is 19.9 Å². The van der Waals surface area contributed by atoms with Crippen LogP contribution in [-0.2, 0) is 41.2 Å². The molecule has 0 saturated carbocycles. The summed E-state index contributed by atoms with van der Waals surface area (Å²) in [4.78, 5) is 12.7. The Bertz CT molecular complexity index is 1250. The summed E-state index contributed by atoms with van der Waals surface area (Å²) < 4.78 is 30.5. The van der Waals surface area contributed by atoms with Gasteiger partial charge in [0.25, 0.3) is 0 Å². The van der Waals surface area contributed by atoms with Gasteiger partial charge in [-0.25, -0.2) is 18.5 Å². The van der Waals surface area contributed by atoms with E-state index in [1.165, 1.54) is 6.92 Å². The van der Waals surface area contributed by atoms with Crippen LogP contribution in [0, 0.1) is 17.1 Å². The highest BCUT2D eigenvalue weighted by Gasteiger charge is 2.31. The van der Waals surface area contributed by atoms with Crippen LogP contribution in [0.5, 0.6) is 0 Å². The van der Waals surface area contributed by atoms with E-state index in [-0.39, 0.29) is 4.88 Å². The minimum absolute atomic E-state index is 0.0176. The van der Waals surface area contributed by atoms with Gasteiger partial charge in [-0.05, 0) is 73.8 Å². The largest absolute Gasteiger partial charge is 0.393 e. The fourth-order valence-corrected chi connectivity index (χ4v) is 6.81. The monoisotopic (exact) mass is 478 g/mol. The van der Waals surface area contributed by atoms with E-state index in [2.05, 4.69) is 15.7 Å². The molecule has 2 atom stereocenters. The maximum atomic E-state index is 14.4. The molecule has 5 N–H and O–H groups in total. The zero-order valence-electron chi connectivity index (χ0n) is 17.4. The summed E-state index contributed by atoms with van der Waals surface area (Å²) in [6.07, 6.45) is 4.68. The Morgan fingerprint density at radius 3 is 2.41 bits per heavy atom. The summed E-state index contributed by atoms with van der Waals surface area (Å²) >= 11 is 0.596. The number of aliphatic hydroxyl groups is 2. The number of fused-ring (bicyclic) bond motifs is 2. The maximum Gasteiger partial charge on any atom is 0.354 e. The van der Waals surface area contributed by atoms with Crippen LogP contribution in [0.25, 0.3) is 0 Å². The Labute approximate surface area is 189 Å². The van der Waals surface area contributed by atoms with Crippen molar-refractivity contribution in [2.75, 3.05) is 11.9 Å². The van der Waals surface area contributed by atoms with Crippen molar-refractivity contribution >= 4 is 33.0 Å². The van der Waals surface area contributed by atoms with Crippen LogP contribution in [0.3, 0.4) is 0 Å². The third-order valence-corrected chi connectivity index (χ3v) is 9.25. The zero-order chi connectivity index (χ0) is 23.3. The molecule has 0 radical (unpaired) electrons. The molecule has 4 rings (SSSR count). The minimum Gasteiger partial charge on any atom is -0.393 e. The number of urea groups is 1. The van der Waals surface area contributed by atoms with E-state index in [1.807, 2.05) is 0 Å². The average molecular weight is 479 g/mol. The van der Waals surface area contributed by atoms with Crippen LogP contribution in [-0.4, -0.2) is 27.1 Å². The Kier molecular flexibility index (Phi) is 5.85. The van der Waals surface area contributed by atoms with Gasteiger partial charge < -0.3 is 15.5 Å². The molecule has 0 unspecified atom stereocenters. The van der Waals surface area contributed by atoms with Crippen molar-refractivity contribution in [2.24, 2.45) is 9.50 Å². The molecule has 0 bridgehead atoms. The number of nitrogens with one attached hydrogen (secondary N) is 1. The summed E-state index contributed by atoms with van der Waals surface area (Å²) in [5, 5.41) is 37.5. The number of nitrogens with two attached hydrogens (primary N) is 1. The normalized spacial score (nSPS) is 18.2. The van der Waals surface area contributed by atoms with E-state index in [1.54, 1.807) is 0 Å². The molecule has 2 amide bonds. The summed E-state index contributed by atoms with van der Waals surface area (Å²) in [7, 11) is -3.94. The van der Waals surface area contributed by atoms with Crippen molar-refractivity contribution in [3.8, 4) is 6.07 Å². The molecule has 2 aromatic rings. The highest BCUT2D eigenvalue weighted by Crippen LogP contribution is 2.41. The van der Waals surface area contributed by atoms with Gasteiger partial charge in [0.2, 0.25) is 0 Å². The van der Waals surface area contributed by atoms with Gasteiger partial charge in [0.05, 0.1) is 18.2 Å². The molecule has 2 aliphatic rings. The second-order valence-corrected chi connectivity index (χ2v) is 11.3. The molecule has 11 heteroatoms. The SMILES string of the molecule is C[C@@](O)(CO)c1cc(F)c([S@](N)(=O)=NC(=O)Nc2c3c(c(C#N)c4c2CCC4)CCC3)s1. The molecular weight excluding hydrogens is 455 g/mol. The van der Waals surface area contributed by atoms with E-state index in [9.17, 15) is 28.9 Å². The molecule has 1 aromatic heterocycles. The van der Waals surface area contributed by atoms with Crippen LogP contribution >= 0.6 is 11.3 Å². The van der Waals surface area contributed by atoms with E-state index < -0.39 is 38.2 Å². The molecule has 0 aliphatic heterocycles. The fraction of sp³-hybridized carbons (Fsp3) is 0.429. The Morgan fingerprint density at radius 1 is 1.31 bits per heavy atom. The van der Waals surface area contributed by atoms with Crippen LogP contribution < -0.4 is 10.5 Å². The quantitative estimate of drug-likeness (QED) is 0.533. The lowest BCUT2D eigenvalue weighted by atomic mass is 9.93. The number of benzene rings is 1. The molecule has 0 spiro atoms. The third-order valence-electron chi connectivity index (χ3n) is 5.96. The molecule has 32 heavy (non-hydrogen) atoms. The highest BCUT2D eigenvalue weighted by atomic mass is 32.2. The number of aliphatic hydroxyl groups excluding tert-OH is 1. The average Bonchev–Trinajstić information content (AvgIpc) is 3.46. The lowest BCUT2D eigenvalue weighted by molar-refractivity contribution is 0.000654. The van der Waals surface area contributed by atoms with E-state index in [0.717, 1.165) is 54.0 Å². The summed E-state index contributed by atoms with van der Waals surface area (Å²) in [6, 6.07) is 2.28. The summed E-state index contributed by atoms with van der Waals surface area (Å²) in [6.45, 7) is 0.598. The zero-order valence-corrected chi connectivity index (χ0v) is 19.0. The van der Waals surface area contributed by atoms with Gasteiger partial charge in [0, 0.05) is 10.6 Å². The van der Waals surface area contributed by atoms with Gasteiger partial charge >= 0.3 is 6.03 Å². The second kappa shape index (κ2) is 8.20. The molecule has 0 saturated heterocycles. The predicted molar refractivity (Wildman–Crippen MR) is 118 cm³/mol. The highest BCUT2D eigenvalue weighted by molar-refractivity contribution is 7.93. The molecule has 1 heterocycles. The Balaban J connectivity index is 1.71. The molecule has 8 nitrogen and oxygen atoms in total. The molecule has 0 fully saturated rings. The van der Waals surface area contributed by atoms with E-state index >= 15 is 0 Å². The number of amides is 2. The number of hydrogen-bond acceptors (Lipinski definition) is 6. The van der Waals surface area contributed by atoms with Gasteiger partial charge in [0.1, 0.15) is 5.60 Å². The summed E-state index contributed by atoms with van der Waals surface area (Å²) in [5.41, 5.74) is 3.24. The van der Waals surface area contributed by atoms with Crippen molar-refractivity contribution < 1.29 is 23.6 Å². The van der Waals surface area contributed by atoms with Crippen LogP contribution in [0.4, 0.5) is 14.9 Å². The van der Waals surface area contributed by atoms with Crippen molar-refractivity contribution in [3.63, 3.8) is 0 Å². The van der Waals surface area contributed by atoms with Crippen LogP contribution in [0.2, 0.25) is 0 Å². The van der Waals surface area contributed by atoms with Gasteiger partial charge in [-0.1, -0.05) is 0 Å². The lowest BCUT2D eigenvalue weighted by Crippen LogP contribution is -2.24. The lowest BCUT2D eigenvalue weighted by Gasteiger charge is -2.17. The number of thiophene rings is 1. The van der Waals surface area contributed by atoms with E-state index in [0.29, 0.717) is 35.4 Å². The Morgan fingerprint density at radius 2 is 1.88 bits per heavy atom. The number of carbonyl (C=O) groups excluding carboxylic acids is 1. The molecule has 1 aromatic carbocycles. The fourth-order valence-electron chi connectivity index (χ4n) is 4.43. The van der Waals surface area contributed by atoms with Crippen molar-refractivity contribution in [1.82, 2.24) is 0 Å². The van der Waals surface area contributed by atoms with Crippen LogP contribution in [0.1, 0.15) is 52.5 Å². The molecule has 170 valence electrons. The summed E-state index contributed by atoms with van der Waals surface area (Å²) in [5.74, 6) is -0.970. The van der Waals surface area contributed by atoms with Crippen molar-refractivity contribution in [2.45, 2.75) is 55.3 Å². The topological polar surface area (TPSA) is 149 Å². The van der Waals surface area contributed by atoms with Gasteiger partial charge in [-0.3, -0.25) is 0 Å². The van der Waals surface area contributed by atoms with Crippen LogP contribution in [0.15, 0.2) is 14.6 Å². The van der Waals surface area contributed by atoms with Gasteiger partial charge in [-0.15, -0.1) is 15.7 Å². The number of rotatable bonds is 4. The number of nitriles is 1. The molecular formula is C21H23FN4O4S2. The van der Waals surface area contributed by atoms with Crippen molar-refractivity contribution in [3.05, 3.63) is 44.6 Å². The first-order chi connectivity index (χ1) is 15.1. The number of nitrogens with zero attached hydrogens (tertiary/aromatic N) is 2. The first-order valence-electron chi connectivity index (χ1n) is 10.2. The molecule has 2 aliphatic carbocycles. The standard InChI is InChI=1S/C21H23FN4O4S2/c1-21(29,10-27)17-8-16(22)19(31-17)32(24,30)26-20(28)25-18-13-6-2-4-11(13)15(9-23)12-5-3-7-14(12)18/h8,27,29H,2-7,10H2,1H3,(H3,24,25,26,28,30)/t21-,32-/m1/s1. The number of anilines is 1. The predicted octanol–water partition coefficient (Wildman–Crippen LogP) is 2.87. The maximum absolute atomic E-state index is 14.4. The minimum atomic E-state index is -3.94. The van der Waals surface area contributed by atoms with E-state index in [4.69, 9.17) is 5.14 Å². The first kappa shape index (κ1) is 22.8. The van der Waals surface area contributed by atoms with Gasteiger partial charge in [-0.2, -0.15) is 5.26 Å². The van der Waals surface area contributed by atoms with Crippen molar-refractivity contribution in [1.29, 1.82) is 5.26 Å². The number of halogens is 1. The smallest absolute Gasteiger partial charge is 0.354 e. The Hall–Kier alpha value is -2.36. The second-order valence-electron chi connectivity index (χ2n) is 8.25. The first-order valence-corrected chi connectivity index (χ1v) is 12.6. The number of hydrogen-bond donors (Lipinski definition) is 4. The number of carbonyl (C=O) groups is 1. The third kappa shape index (κ3) is 3.82.